The van der Waals surface area contributed by atoms with Crippen molar-refractivity contribution < 1.29 is 57.2 Å². The molecule has 1 atom stereocenters. The lowest BCUT2D eigenvalue weighted by atomic mass is 10.1. The molecule has 16 nitrogen and oxygen atoms in total. The lowest BCUT2D eigenvalue weighted by Gasteiger charge is -2.18. The summed E-state index contributed by atoms with van der Waals surface area (Å²) in [7, 11) is 0. The van der Waals surface area contributed by atoms with E-state index in [0.717, 1.165) is 0 Å². The van der Waals surface area contributed by atoms with E-state index in [1.165, 1.54) is 78.9 Å². The number of rotatable bonds is 19. The summed E-state index contributed by atoms with van der Waals surface area (Å²) in [5.41, 5.74) is 1.84. The third-order valence-electron chi connectivity index (χ3n) is 6.08. The fourth-order valence-corrected chi connectivity index (χ4v) is 3.85. The molecule has 1 amide bonds. The molecule has 1 unspecified atom stereocenters. The second-order valence-electron chi connectivity index (χ2n) is 9.52. The van der Waals surface area contributed by atoms with Crippen LogP contribution in [-0.4, -0.2) is 87.7 Å². The van der Waals surface area contributed by atoms with Crippen LogP contribution in [0.2, 0.25) is 0 Å². The van der Waals surface area contributed by atoms with Crippen molar-refractivity contribution in [3.8, 4) is 5.75 Å². The Morgan fingerprint density at radius 3 is 1.71 bits per heavy atom. The van der Waals surface area contributed by atoms with Crippen molar-refractivity contribution in [1.29, 1.82) is 0 Å². The quantitative estimate of drug-likeness (QED) is 0.0640. The molecular weight excluding hydrogens is 644 g/mol. The minimum Gasteiger partial charge on any atom is -0.462 e. The smallest absolute Gasteiger partial charge is 0.338 e. The molecule has 3 aromatic carbocycles. The zero-order valence-electron chi connectivity index (χ0n) is 25.7. The number of carbonyl (C=O) groups is 4. The van der Waals surface area contributed by atoms with Gasteiger partial charge in [0.2, 0.25) is 24.1 Å². The van der Waals surface area contributed by atoms with Crippen molar-refractivity contribution in [2.24, 2.45) is 15.0 Å². The van der Waals surface area contributed by atoms with E-state index in [4.69, 9.17) is 23.7 Å². The van der Waals surface area contributed by atoms with Crippen molar-refractivity contribution in [3.05, 3.63) is 83.9 Å². The van der Waals surface area contributed by atoms with Gasteiger partial charge in [-0.25, -0.2) is 28.8 Å². The molecule has 0 aromatic heterocycles. The molecule has 0 spiro atoms. The number of nitrogens with zero attached hydrogens (tertiary/aromatic N) is 3. The van der Waals surface area contributed by atoms with Gasteiger partial charge in [-0.15, -0.1) is 0 Å². The van der Waals surface area contributed by atoms with Crippen molar-refractivity contribution in [2.45, 2.75) is 12.5 Å². The third kappa shape index (κ3) is 13.9. The Labute approximate surface area is 278 Å². The van der Waals surface area contributed by atoms with Crippen LogP contribution in [0.1, 0.15) is 15.9 Å². The Balaban J connectivity index is 1.44. The highest BCUT2D eigenvalue weighted by molar-refractivity contribution is 5.89. The Morgan fingerprint density at radius 2 is 1.14 bits per heavy atom. The molecule has 1 N–H and O–H groups in total. The number of isocyanates is 3. The largest absolute Gasteiger partial charge is 0.462 e. The molecule has 0 fully saturated rings. The molecule has 49 heavy (non-hydrogen) atoms. The van der Waals surface area contributed by atoms with Gasteiger partial charge >= 0.3 is 17.9 Å². The number of benzene rings is 3. The molecule has 0 saturated heterocycles. The first kappa shape index (κ1) is 37.1. The number of hydrogen-bond acceptors (Lipinski definition) is 15. The molecule has 0 aliphatic heterocycles. The first-order chi connectivity index (χ1) is 23.8. The highest BCUT2D eigenvalue weighted by Gasteiger charge is 2.23. The maximum Gasteiger partial charge on any atom is 0.338 e. The molecule has 0 radical (unpaired) electrons. The number of nitrogens with one attached hydrogen (secondary N) is 1. The molecule has 16 heteroatoms. The lowest BCUT2D eigenvalue weighted by Crippen LogP contribution is -2.45. The second kappa shape index (κ2) is 20.7. The summed E-state index contributed by atoms with van der Waals surface area (Å²) in [4.78, 5) is 91.1. The van der Waals surface area contributed by atoms with Gasteiger partial charge < -0.3 is 29.0 Å². The minimum atomic E-state index is -1.16. The monoisotopic (exact) mass is 672 g/mol. The molecule has 3 rings (SSSR count). The summed E-state index contributed by atoms with van der Waals surface area (Å²) in [5.74, 6) is -2.63. The van der Waals surface area contributed by atoms with Crippen LogP contribution in [-0.2, 0) is 54.1 Å². The van der Waals surface area contributed by atoms with Crippen LogP contribution in [0.4, 0.5) is 17.1 Å². The Hall–Kier alpha value is -6.40. The second-order valence-corrected chi connectivity index (χ2v) is 9.52. The number of carbonyl (C=O) groups excluding carboxylic acids is 7. The van der Waals surface area contributed by atoms with E-state index in [0.29, 0.717) is 22.6 Å². The van der Waals surface area contributed by atoms with Gasteiger partial charge in [0.15, 0.2) is 0 Å². The Bertz CT molecular complexity index is 1720. The Morgan fingerprint density at radius 1 is 0.633 bits per heavy atom. The number of hydrogen-bond donors (Lipinski definition) is 1. The third-order valence-corrected chi connectivity index (χ3v) is 6.08. The first-order valence-electron chi connectivity index (χ1n) is 14.3. The van der Waals surface area contributed by atoms with Gasteiger partial charge in [0.05, 0.1) is 35.8 Å². The van der Waals surface area contributed by atoms with Crippen LogP contribution in [0.5, 0.6) is 5.75 Å². The topological polar surface area (TPSA) is 215 Å². The molecule has 0 heterocycles. The van der Waals surface area contributed by atoms with Gasteiger partial charge in [-0.3, -0.25) is 4.79 Å². The molecule has 0 saturated carbocycles. The molecule has 0 aliphatic rings. The van der Waals surface area contributed by atoms with Crippen LogP contribution in [0.3, 0.4) is 0 Å². The molecule has 3 aromatic rings. The summed E-state index contributed by atoms with van der Waals surface area (Å²) in [6, 6.07) is 16.6. The van der Waals surface area contributed by atoms with Gasteiger partial charge in [-0.1, -0.05) is 12.1 Å². The summed E-state index contributed by atoms with van der Waals surface area (Å²) in [5, 5.41) is 2.53. The molecule has 252 valence electrons. The van der Waals surface area contributed by atoms with Crippen molar-refractivity contribution in [2.75, 3.05) is 39.6 Å². The van der Waals surface area contributed by atoms with E-state index in [-0.39, 0.29) is 44.2 Å². The van der Waals surface area contributed by atoms with Crippen LogP contribution in [0, 0.1) is 0 Å². The maximum absolute atomic E-state index is 12.9. The number of aliphatic imine (C=N–C) groups is 3. The summed E-state index contributed by atoms with van der Waals surface area (Å²) in [6.07, 6.45) is 4.23. The van der Waals surface area contributed by atoms with Crippen LogP contribution in [0.15, 0.2) is 87.8 Å². The average molecular weight is 673 g/mol. The predicted octanol–water partition coefficient (Wildman–Crippen LogP) is 2.65. The zero-order valence-corrected chi connectivity index (χ0v) is 25.7. The molecule has 0 aliphatic carbocycles. The molecular formula is C33H28N4O12. The van der Waals surface area contributed by atoms with E-state index >= 15 is 0 Å². The summed E-state index contributed by atoms with van der Waals surface area (Å²) < 4.78 is 25.9. The predicted molar refractivity (Wildman–Crippen MR) is 167 cm³/mol. The van der Waals surface area contributed by atoms with E-state index in [9.17, 15) is 33.6 Å². The lowest BCUT2D eigenvalue weighted by molar-refractivity contribution is -0.150. The van der Waals surface area contributed by atoms with Gasteiger partial charge in [-0.05, 0) is 66.2 Å². The van der Waals surface area contributed by atoms with Gasteiger partial charge in [0.1, 0.15) is 38.2 Å². The number of amides is 1. The minimum absolute atomic E-state index is 0.00828. The fourth-order valence-electron chi connectivity index (χ4n) is 3.85. The van der Waals surface area contributed by atoms with Crippen LogP contribution in [0.25, 0.3) is 0 Å². The van der Waals surface area contributed by atoms with Crippen LogP contribution < -0.4 is 10.1 Å². The van der Waals surface area contributed by atoms with Crippen molar-refractivity contribution in [1.82, 2.24) is 5.32 Å². The average Bonchev–Trinajstić information content (AvgIpc) is 3.10. The van der Waals surface area contributed by atoms with E-state index in [1.807, 2.05) is 0 Å². The van der Waals surface area contributed by atoms with Crippen LogP contribution >= 0.6 is 0 Å². The Kier molecular flexibility index (Phi) is 15.6. The van der Waals surface area contributed by atoms with Gasteiger partial charge in [-0.2, -0.15) is 15.0 Å². The van der Waals surface area contributed by atoms with Crippen molar-refractivity contribution in [3.63, 3.8) is 0 Å². The fraction of sp³-hybridized carbons (Fsp3) is 0.242. The van der Waals surface area contributed by atoms with E-state index in [1.54, 1.807) is 12.1 Å². The van der Waals surface area contributed by atoms with E-state index < -0.39 is 43.1 Å². The van der Waals surface area contributed by atoms with Gasteiger partial charge in [0.25, 0.3) is 0 Å². The SMILES string of the molecule is O=C=Nc1ccc(CC(NC(=O)COCCOC(=O)c2ccc(N=C=O)cc2)C(=O)OCCOCC(=O)Oc2ccc(N=C=O)cc2)cc1. The number of ether oxygens (including phenoxy) is 5. The summed E-state index contributed by atoms with van der Waals surface area (Å²) >= 11 is 0. The number of esters is 3. The van der Waals surface area contributed by atoms with Crippen molar-refractivity contribution >= 4 is 59.1 Å². The standard InChI is InChI=1S/C33H28N4O12/c38-20-34-25-5-1-23(2-6-25)17-29(33(44)48-16-14-46-19-31(42)49-28-11-9-27(10-12-28)36-22-40)37-30(41)18-45-13-15-47-32(43)24-3-7-26(8-4-24)35-21-39/h1-12,29H,13-19H2,(H,37,41). The van der Waals surface area contributed by atoms with E-state index in [2.05, 4.69) is 20.3 Å². The molecule has 0 bridgehead atoms. The first-order valence-corrected chi connectivity index (χ1v) is 14.3. The maximum atomic E-state index is 12.9. The highest BCUT2D eigenvalue weighted by Crippen LogP contribution is 2.18. The highest BCUT2D eigenvalue weighted by atomic mass is 16.6. The normalized spacial score (nSPS) is 10.6. The summed E-state index contributed by atoms with van der Waals surface area (Å²) in [6.45, 7) is -1.62. The zero-order chi connectivity index (χ0) is 35.3. The van der Waals surface area contributed by atoms with Gasteiger partial charge in [0, 0.05) is 6.42 Å².